The van der Waals surface area contributed by atoms with Gasteiger partial charge in [0.15, 0.2) is 5.96 Å². The number of morpholine rings is 1. The summed E-state index contributed by atoms with van der Waals surface area (Å²) in [6.07, 6.45) is 1.21. The van der Waals surface area contributed by atoms with E-state index < -0.39 is 0 Å². The number of ether oxygens (including phenoxy) is 2. The van der Waals surface area contributed by atoms with Crippen LogP contribution >= 0.6 is 11.8 Å². The third-order valence-corrected chi connectivity index (χ3v) is 6.28. The van der Waals surface area contributed by atoms with E-state index in [1.54, 1.807) is 0 Å². The fraction of sp³-hybridized carbons (Fsp3) is 0.650. The molecule has 0 radical (unpaired) electrons. The Hall–Kier alpha value is -1.44. The van der Waals surface area contributed by atoms with Crippen molar-refractivity contribution in [2.45, 2.75) is 18.9 Å². The van der Waals surface area contributed by atoms with Crippen LogP contribution in [0, 0.1) is 0 Å². The third-order valence-electron chi connectivity index (χ3n) is 5.05. The van der Waals surface area contributed by atoms with Gasteiger partial charge in [0, 0.05) is 25.4 Å². The number of aliphatic imine (C=N–C) groups is 1. The van der Waals surface area contributed by atoms with Gasteiger partial charge in [-0.05, 0) is 31.2 Å². The first-order chi connectivity index (χ1) is 13.3. The number of nitrogens with zero attached hydrogens (tertiary/aromatic N) is 2. The van der Waals surface area contributed by atoms with Gasteiger partial charge in [0.25, 0.3) is 0 Å². The highest BCUT2D eigenvalue weighted by molar-refractivity contribution is 7.99. The minimum Gasteiger partial charge on any atom is -0.492 e. The van der Waals surface area contributed by atoms with Gasteiger partial charge in [-0.2, -0.15) is 11.8 Å². The van der Waals surface area contributed by atoms with Gasteiger partial charge < -0.3 is 20.1 Å². The fourth-order valence-electron chi connectivity index (χ4n) is 3.53. The molecule has 3 rings (SSSR count). The van der Waals surface area contributed by atoms with Crippen molar-refractivity contribution in [2.75, 3.05) is 64.1 Å². The van der Waals surface area contributed by atoms with Crippen LogP contribution < -0.4 is 15.4 Å². The first kappa shape index (κ1) is 20.3. The number of rotatable bonds is 8. The molecule has 1 aromatic rings. The van der Waals surface area contributed by atoms with Gasteiger partial charge in [0.05, 0.1) is 31.8 Å². The zero-order valence-electron chi connectivity index (χ0n) is 16.3. The van der Waals surface area contributed by atoms with Crippen LogP contribution in [0.5, 0.6) is 5.75 Å². The molecule has 0 bridgehead atoms. The molecule has 0 aromatic heterocycles. The van der Waals surface area contributed by atoms with Crippen LogP contribution in [0.2, 0.25) is 0 Å². The lowest BCUT2D eigenvalue weighted by atomic mass is 9.96. The molecule has 7 heteroatoms. The summed E-state index contributed by atoms with van der Waals surface area (Å²) in [6.45, 7) is 8.83. The van der Waals surface area contributed by atoms with Crippen LogP contribution in [0.25, 0.3) is 0 Å². The molecule has 1 atom stereocenters. The molecule has 1 unspecified atom stereocenters. The van der Waals surface area contributed by atoms with Crippen molar-refractivity contribution in [1.82, 2.24) is 15.5 Å². The molecule has 2 saturated heterocycles. The lowest BCUT2D eigenvalue weighted by molar-refractivity contribution is -0.0104. The van der Waals surface area contributed by atoms with Crippen molar-refractivity contribution in [3.8, 4) is 5.75 Å². The minimum absolute atomic E-state index is 0.178. The maximum Gasteiger partial charge on any atom is 0.191 e. The second-order valence-corrected chi connectivity index (χ2v) is 8.01. The Bertz CT molecular complexity index is 573. The van der Waals surface area contributed by atoms with Gasteiger partial charge in [0.1, 0.15) is 12.4 Å². The van der Waals surface area contributed by atoms with Crippen molar-refractivity contribution < 1.29 is 9.47 Å². The average Bonchev–Trinajstić information content (AvgIpc) is 3.21. The number of nitrogens with one attached hydrogen (secondary N) is 2. The fourth-order valence-corrected chi connectivity index (χ4v) is 5.00. The molecule has 2 fully saturated rings. The highest BCUT2D eigenvalue weighted by atomic mass is 32.2. The van der Waals surface area contributed by atoms with Crippen molar-refractivity contribution in [2.24, 2.45) is 4.99 Å². The van der Waals surface area contributed by atoms with Gasteiger partial charge in [-0.15, -0.1) is 0 Å². The summed E-state index contributed by atoms with van der Waals surface area (Å²) in [5.74, 6) is 4.16. The summed E-state index contributed by atoms with van der Waals surface area (Å²) in [7, 11) is 0. The molecule has 0 spiro atoms. The second kappa shape index (κ2) is 10.8. The maximum absolute atomic E-state index is 5.76. The summed E-state index contributed by atoms with van der Waals surface area (Å²) in [5, 5.41) is 6.76. The highest BCUT2D eigenvalue weighted by Gasteiger charge is 2.40. The number of hydrogen-bond acceptors (Lipinski definition) is 5. The first-order valence-corrected chi connectivity index (χ1v) is 11.1. The molecule has 2 N–H and O–H groups in total. The van der Waals surface area contributed by atoms with Crippen LogP contribution in [0.1, 0.15) is 13.3 Å². The van der Waals surface area contributed by atoms with E-state index in [0.717, 1.165) is 63.4 Å². The minimum atomic E-state index is 0.178. The van der Waals surface area contributed by atoms with Crippen LogP contribution in [0.3, 0.4) is 0 Å². The molecule has 2 aliphatic heterocycles. The zero-order chi connectivity index (χ0) is 18.8. The van der Waals surface area contributed by atoms with Gasteiger partial charge in [-0.25, -0.2) is 0 Å². The number of hydrogen-bond donors (Lipinski definition) is 2. The topological polar surface area (TPSA) is 58.1 Å². The van der Waals surface area contributed by atoms with Gasteiger partial charge in [-0.3, -0.25) is 9.89 Å². The Morgan fingerprint density at radius 3 is 2.78 bits per heavy atom. The van der Waals surface area contributed by atoms with Gasteiger partial charge >= 0.3 is 0 Å². The summed E-state index contributed by atoms with van der Waals surface area (Å²) in [6, 6.07) is 9.91. The van der Waals surface area contributed by atoms with E-state index in [2.05, 4.69) is 22.5 Å². The molecule has 0 aliphatic carbocycles. The van der Waals surface area contributed by atoms with Crippen molar-refractivity contribution >= 4 is 17.7 Å². The molecule has 2 heterocycles. The quantitative estimate of drug-likeness (QED) is 0.400. The van der Waals surface area contributed by atoms with Crippen LogP contribution in [-0.2, 0) is 4.74 Å². The van der Waals surface area contributed by atoms with E-state index in [4.69, 9.17) is 14.5 Å². The normalized spacial score (nSPS) is 24.0. The largest absolute Gasteiger partial charge is 0.492 e. The second-order valence-electron chi connectivity index (χ2n) is 6.91. The molecule has 150 valence electrons. The smallest absolute Gasteiger partial charge is 0.191 e. The van der Waals surface area contributed by atoms with Crippen LogP contribution in [-0.4, -0.2) is 80.4 Å². The van der Waals surface area contributed by atoms with Crippen molar-refractivity contribution in [3.63, 3.8) is 0 Å². The molecular weight excluding hydrogens is 360 g/mol. The van der Waals surface area contributed by atoms with E-state index >= 15 is 0 Å². The zero-order valence-corrected chi connectivity index (χ0v) is 17.1. The molecule has 1 aromatic carbocycles. The molecular formula is C20H32N4O2S. The summed E-state index contributed by atoms with van der Waals surface area (Å²) >= 11 is 2.05. The van der Waals surface area contributed by atoms with E-state index in [-0.39, 0.29) is 5.54 Å². The van der Waals surface area contributed by atoms with Gasteiger partial charge in [-0.1, -0.05) is 18.2 Å². The lowest BCUT2D eigenvalue weighted by Gasteiger charge is -2.42. The average molecular weight is 393 g/mol. The standard InChI is InChI=1S/C20H32N4O2S/c1-2-21-19(22-9-12-26-18-6-4-3-5-7-18)23-16-20(8-15-27-17-20)24-10-13-25-14-11-24/h3-7H,2,8-17H2,1H3,(H2,21,22,23). The van der Waals surface area contributed by atoms with E-state index in [1.165, 1.54) is 12.2 Å². The Morgan fingerprint density at radius 1 is 1.26 bits per heavy atom. The molecule has 6 nitrogen and oxygen atoms in total. The Kier molecular flexibility index (Phi) is 8.10. The number of benzene rings is 1. The van der Waals surface area contributed by atoms with E-state index in [1.807, 2.05) is 42.1 Å². The lowest BCUT2D eigenvalue weighted by Crippen LogP contribution is -2.56. The predicted molar refractivity (Wildman–Crippen MR) is 113 cm³/mol. The van der Waals surface area contributed by atoms with E-state index in [9.17, 15) is 0 Å². The molecule has 0 saturated carbocycles. The molecule has 0 amide bonds. The Labute approximate surface area is 167 Å². The SMILES string of the molecule is CCNC(=NCC1(N2CCOCC2)CCSC1)NCCOc1ccccc1. The maximum atomic E-state index is 5.76. The number of guanidine groups is 1. The number of thioether (sulfide) groups is 1. The molecule has 2 aliphatic rings. The van der Waals surface area contributed by atoms with E-state index in [0.29, 0.717) is 6.61 Å². The summed E-state index contributed by atoms with van der Waals surface area (Å²) in [5.41, 5.74) is 0.178. The Balaban J connectivity index is 1.52. The van der Waals surface area contributed by atoms with Crippen molar-refractivity contribution in [1.29, 1.82) is 0 Å². The first-order valence-electron chi connectivity index (χ1n) is 9.93. The molecule has 27 heavy (non-hydrogen) atoms. The third kappa shape index (κ3) is 6.02. The monoisotopic (exact) mass is 392 g/mol. The Morgan fingerprint density at radius 2 is 2.07 bits per heavy atom. The van der Waals surface area contributed by atoms with Crippen molar-refractivity contribution in [3.05, 3.63) is 30.3 Å². The van der Waals surface area contributed by atoms with Gasteiger partial charge in [0.2, 0.25) is 0 Å². The highest BCUT2D eigenvalue weighted by Crippen LogP contribution is 2.34. The summed E-state index contributed by atoms with van der Waals surface area (Å²) in [4.78, 5) is 7.53. The summed E-state index contributed by atoms with van der Waals surface area (Å²) < 4.78 is 11.3. The van der Waals surface area contributed by atoms with Crippen LogP contribution in [0.4, 0.5) is 0 Å². The number of para-hydroxylation sites is 1. The van der Waals surface area contributed by atoms with Crippen LogP contribution in [0.15, 0.2) is 35.3 Å². The predicted octanol–water partition coefficient (Wildman–Crippen LogP) is 1.83.